The van der Waals surface area contributed by atoms with Gasteiger partial charge < -0.3 is 14.2 Å². The van der Waals surface area contributed by atoms with Crippen molar-refractivity contribution in [3.05, 3.63) is 73.5 Å². The van der Waals surface area contributed by atoms with Crippen LogP contribution in [-0.4, -0.2) is 49.1 Å². The lowest BCUT2D eigenvalue weighted by Gasteiger charge is -2.45. The van der Waals surface area contributed by atoms with Crippen LogP contribution in [0.25, 0.3) is 5.57 Å². The van der Waals surface area contributed by atoms with Gasteiger partial charge in [-0.05, 0) is 44.5 Å². The van der Waals surface area contributed by atoms with E-state index in [0.29, 0.717) is 43.8 Å². The van der Waals surface area contributed by atoms with Gasteiger partial charge >= 0.3 is 11.9 Å². The van der Waals surface area contributed by atoms with Crippen molar-refractivity contribution >= 4 is 69.7 Å². The maximum absolute atomic E-state index is 13.9. The number of carbonyl (C=O) groups is 3. The summed E-state index contributed by atoms with van der Waals surface area (Å²) in [6.07, 6.45) is 0.0160. The summed E-state index contributed by atoms with van der Waals surface area (Å²) >= 11 is 8.17. The van der Waals surface area contributed by atoms with E-state index in [2.05, 4.69) is 0 Å². The fourth-order valence-electron chi connectivity index (χ4n) is 4.39. The third-order valence-corrected chi connectivity index (χ3v) is 9.45. The number of thiocarbonyl (C=S) groups is 1. The first kappa shape index (κ1) is 28.8. The normalized spacial score (nSPS) is 16.3. The van der Waals surface area contributed by atoms with Crippen LogP contribution in [0.2, 0.25) is 0 Å². The number of amides is 1. The second-order valence-electron chi connectivity index (χ2n) is 9.01. The van der Waals surface area contributed by atoms with E-state index < -0.39 is 17.5 Å². The number of esters is 2. The molecule has 2 aliphatic heterocycles. The van der Waals surface area contributed by atoms with E-state index in [1.54, 1.807) is 29.2 Å². The van der Waals surface area contributed by atoms with E-state index in [0.717, 1.165) is 23.5 Å². The van der Waals surface area contributed by atoms with E-state index in [4.69, 9.17) is 26.4 Å². The first-order valence-corrected chi connectivity index (χ1v) is 14.0. The van der Waals surface area contributed by atoms with Crippen LogP contribution in [-0.2, 0) is 30.3 Å². The Bertz CT molecular complexity index is 1400. The van der Waals surface area contributed by atoms with Gasteiger partial charge in [-0.15, -0.1) is 0 Å². The van der Waals surface area contributed by atoms with Gasteiger partial charge in [0.1, 0.15) is 21.4 Å². The monoisotopic (exact) mass is 587 g/mol. The molecule has 2 heterocycles. The van der Waals surface area contributed by atoms with Crippen molar-refractivity contribution in [1.82, 2.24) is 0 Å². The van der Waals surface area contributed by atoms with Crippen molar-refractivity contribution in [1.29, 1.82) is 0 Å². The lowest BCUT2D eigenvalue weighted by atomic mass is 9.82. The highest BCUT2D eigenvalue weighted by Gasteiger charge is 2.47. The van der Waals surface area contributed by atoms with Crippen LogP contribution in [0.15, 0.2) is 56.5 Å². The zero-order valence-electron chi connectivity index (χ0n) is 22.0. The van der Waals surface area contributed by atoms with E-state index >= 15 is 0 Å². The molecule has 0 aliphatic carbocycles. The molecule has 39 heavy (non-hydrogen) atoms. The van der Waals surface area contributed by atoms with Crippen molar-refractivity contribution in [3.63, 3.8) is 0 Å². The predicted molar refractivity (Wildman–Crippen MR) is 155 cm³/mol. The van der Waals surface area contributed by atoms with Crippen LogP contribution >= 0.6 is 35.7 Å². The molecule has 1 amide bonds. The van der Waals surface area contributed by atoms with Crippen LogP contribution in [0.1, 0.15) is 31.9 Å². The molecule has 2 aromatic rings. The second-order valence-corrected chi connectivity index (χ2v) is 11.7. The number of carbonyl (C=O) groups excluding carboxylic acids is 3. The standard InChI is InChI=1S/C28H26FNO6S3/c1-6-36-18-9-7-8-17-20(27-38-22(25(32)34-4)23(39-27)26(33)35-5)24(37)28(2,3)30(21(17)18)19(31)14-15-10-12-16(29)13-11-15/h7-13H,6,14H2,1-5H3. The molecule has 0 bridgehead atoms. The van der Waals surface area contributed by atoms with Gasteiger partial charge in [0.25, 0.3) is 0 Å². The van der Waals surface area contributed by atoms with Gasteiger partial charge in [-0.1, -0.05) is 60.0 Å². The van der Waals surface area contributed by atoms with Crippen LogP contribution in [0.3, 0.4) is 0 Å². The molecule has 4 rings (SSSR count). The van der Waals surface area contributed by atoms with Crippen LogP contribution in [0.4, 0.5) is 10.1 Å². The number of methoxy groups -OCH3 is 2. The minimum absolute atomic E-state index is 0.0160. The summed E-state index contributed by atoms with van der Waals surface area (Å²) in [5, 5.41) is 0. The highest BCUT2D eigenvalue weighted by Crippen LogP contribution is 2.57. The van der Waals surface area contributed by atoms with Gasteiger partial charge in [0.2, 0.25) is 5.91 Å². The Morgan fingerprint density at radius 2 is 1.56 bits per heavy atom. The molecule has 0 N–H and O–H groups in total. The maximum atomic E-state index is 13.9. The Labute approximate surface area is 239 Å². The molecule has 0 fully saturated rings. The molecule has 0 unspecified atom stereocenters. The minimum atomic E-state index is -1.00. The Morgan fingerprint density at radius 3 is 2.10 bits per heavy atom. The van der Waals surface area contributed by atoms with Crippen molar-refractivity contribution in [3.8, 4) is 5.75 Å². The summed E-state index contributed by atoms with van der Waals surface area (Å²) in [4.78, 5) is 41.2. The first-order valence-electron chi connectivity index (χ1n) is 11.9. The highest BCUT2D eigenvalue weighted by atomic mass is 32.2. The predicted octanol–water partition coefficient (Wildman–Crippen LogP) is 5.67. The number of ether oxygens (including phenoxy) is 3. The lowest BCUT2D eigenvalue weighted by Crippen LogP contribution is -2.56. The molecule has 0 spiro atoms. The average molecular weight is 588 g/mol. The number of benzene rings is 2. The molecular weight excluding hydrogens is 562 g/mol. The molecule has 7 nitrogen and oxygen atoms in total. The van der Waals surface area contributed by atoms with Crippen LogP contribution in [0.5, 0.6) is 5.75 Å². The number of para-hydroxylation sites is 1. The first-order chi connectivity index (χ1) is 18.5. The Balaban J connectivity index is 1.89. The van der Waals surface area contributed by atoms with Gasteiger partial charge in [0, 0.05) is 11.1 Å². The highest BCUT2D eigenvalue weighted by molar-refractivity contribution is 8.29. The van der Waals surface area contributed by atoms with E-state index in [1.165, 1.54) is 26.4 Å². The van der Waals surface area contributed by atoms with Crippen molar-refractivity contribution in [2.75, 3.05) is 25.7 Å². The smallest absolute Gasteiger partial charge is 0.346 e. The fourth-order valence-corrected chi connectivity index (χ4v) is 7.42. The quantitative estimate of drug-likeness (QED) is 0.241. The Kier molecular flexibility index (Phi) is 8.53. The molecule has 2 aliphatic rings. The molecular formula is C28H26FNO6S3. The van der Waals surface area contributed by atoms with Crippen molar-refractivity contribution < 1.29 is 33.0 Å². The van der Waals surface area contributed by atoms with Gasteiger partial charge in [-0.3, -0.25) is 9.69 Å². The van der Waals surface area contributed by atoms with E-state index in [-0.39, 0.29) is 28.0 Å². The zero-order valence-corrected chi connectivity index (χ0v) is 24.4. The molecule has 0 atom stereocenters. The average Bonchev–Trinajstić information content (AvgIpc) is 3.35. The number of anilines is 1. The molecule has 11 heteroatoms. The number of hydrogen-bond acceptors (Lipinski definition) is 9. The second kappa shape index (κ2) is 11.5. The molecule has 204 valence electrons. The molecule has 0 saturated heterocycles. The third kappa shape index (κ3) is 5.35. The van der Waals surface area contributed by atoms with Gasteiger partial charge in [-0.25, -0.2) is 14.0 Å². The summed E-state index contributed by atoms with van der Waals surface area (Å²) in [6.45, 7) is 5.88. The summed E-state index contributed by atoms with van der Waals surface area (Å²) in [5.74, 6) is -1.48. The largest absolute Gasteiger partial charge is 0.492 e. The van der Waals surface area contributed by atoms with E-state index in [1.807, 2.05) is 26.8 Å². The molecule has 0 radical (unpaired) electrons. The third-order valence-electron chi connectivity index (χ3n) is 6.19. The Morgan fingerprint density at radius 1 is 0.974 bits per heavy atom. The number of fused-ring (bicyclic) bond motifs is 1. The van der Waals surface area contributed by atoms with Crippen molar-refractivity contribution in [2.45, 2.75) is 32.7 Å². The van der Waals surface area contributed by atoms with Gasteiger partial charge in [0.05, 0.1) is 47.6 Å². The summed E-state index contributed by atoms with van der Waals surface area (Å²) < 4.78 is 29.8. The topological polar surface area (TPSA) is 82.1 Å². The zero-order chi connectivity index (χ0) is 28.5. The summed E-state index contributed by atoms with van der Waals surface area (Å²) in [7, 11) is 2.48. The van der Waals surface area contributed by atoms with Crippen molar-refractivity contribution in [2.24, 2.45) is 0 Å². The summed E-state index contributed by atoms with van der Waals surface area (Å²) in [6, 6.07) is 11.2. The number of halogens is 1. The number of thioether (sulfide) groups is 2. The van der Waals surface area contributed by atoms with Gasteiger partial charge in [-0.2, -0.15) is 0 Å². The maximum Gasteiger partial charge on any atom is 0.346 e. The van der Waals surface area contributed by atoms with Crippen LogP contribution in [0, 0.1) is 5.82 Å². The van der Waals surface area contributed by atoms with E-state index in [9.17, 15) is 18.8 Å². The van der Waals surface area contributed by atoms with Crippen LogP contribution < -0.4 is 9.64 Å². The number of rotatable bonds is 6. The lowest BCUT2D eigenvalue weighted by molar-refractivity contribution is -0.138. The Hall–Kier alpha value is -3.15. The molecule has 0 aromatic heterocycles. The number of nitrogens with zero attached hydrogens (tertiary/aromatic N) is 1. The number of hydrogen-bond donors (Lipinski definition) is 0. The summed E-state index contributed by atoms with van der Waals surface area (Å²) in [5.41, 5.74) is 1.42. The SMILES string of the molecule is CCOc1cccc2c1N(C(=O)Cc1ccc(F)cc1)C(C)(C)C(=S)C2=C1SC(C(=O)OC)=C(C(=O)OC)S1. The molecule has 0 saturated carbocycles. The minimum Gasteiger partial charge on any atom is -0.492 e. The molecule has 2 aromatic carbocycles. The van der Waals surface area contributed by atoms with Gasteiger partial charge in [0.15, 0.2) is 0 Å². The fraction of sp³-hybridized carbons (Fsp3) is 0.286.